The van der Waals surface area contributed by atoms with E-state index in [1.807, 2.05) is 27.7 Å². The first-order valence-corrected chi connectivity index (χ1v) is 51.4. The first-order chi connectivity index (χ1) is 70.1. The van der Waals surface area contributed by atoms with Crippen LogP contribution in [0.25, 0.3) is 0 Å². The van der Waals surface area contributed by atoms with E-state index in [1.54, 1.807) is 91.8 Å². The number of Topliss-reactive ketones (excluding diaryl/α,β-unsaturated/α-hetero) is 3. The number of aliphatic hydroxyl groups is 3. The van der Waals surface area contributed by atoms with Crippen LogP contribution in [0.4, 0.5) is 0 Å². The Hall–Kier alpha value is -11.4. The number of ether oxygens (including phenoxy) is 8. The number of carbonyl (C=O) groups excluding carboxylic acids is 15. The largest absolute Gasteiger partial charge is 0.480 e. The van der Waals surface area contributed by atoms with Crippen LogP contribution in [-0.2, 0) is 134 Å². The molecule has 1 amide bonds. The molecule has 0 heterocycles. The Bertz CT molecular complexity index is 5480. The van der Waals surface area contributed by atoms with E-state index in [2.05, 4.69) is 24.7 Å². The van der Waals surface area contributed by atoms with Gasteiger partial charge in [0.15, 0.2) is 60.1 Å². The van der Waals surface area contributed by atoms with E-state index in [9.17, 15) is 138 Å². The van der Waals surface area contributed by atoms with Gasteiger partial charge in [-0.2, -0.15) is 0 Å². The van der Waals surface area contributed by atoms with Crippen LogP contribution >= 0.6 is 34.8 Å². The van der Waals surface area contributed by atoms with Crippen molar-refractivity contribution in [3.05, 3.63) is 112 Å². The minimum Gasteiger partial charge on any atom is -0.480 e. The fourth-order valence-electron chi connectivity index (χ4n) is 27.0. The summed E-state index contributed by atoms with van der Waals surface area (Å²) in [5.41, 5.74) is 2.76. The van der Waals surface area contributed by atoms with Crippen molar-refractivity contribution in [1.82, 2.24) is 5.32 Å². The Balaban J connectivity index is 0.000000230. The van der Waals surface area contributed by atoms with E-state index in [-0.39, 0.29) is 130 Å². The van der Waals surface area contributed by atoms with Crippen LogP contribution in [0.1, 0.15) is 237 Å². The van der Waals surface area contributed by atoms with Crippen LogP contribution in [0.5, 0.6) is 0 Å². The zero-order valence-electron chi connectivity index (χ0n) is 85.6. The van der Waals surface area contributed by atoms with Gasteiger partial charge < -0.3 is 94.5 Å². The van der Waals surface area contributed by atoms with E-state index in [0.717, 1.165) is 16.7 Å². The lowest BCUT2D eigenvalue weighted by molar-refractivity contribution is -0.790. The number of amides is 1. The Labute approximate surface area is 877 Å². The summed E-state index contributed by atoms with van der Waals surface area (Å²) >= 11 is 22.5. The predicted octanol–water partition coefficient (Wildman–Crippen LogP) is 8.05. The van der Waals surface area contributed by atoms with Crippen LogP contribution in [-0.4, -0.2) is 262 Å². The molecule has 9 saturated carbocycles. The molecule has 0 bridgehead atoms. The van der Waals surface area contributed by atoms with Gasteiger partial charge in [-0.25, -0.2) is 4.79 Å². The topological polar surface area (TPSA) is 701 Å². The van der Waals surface area contributed by atoms with Crippen molar-refractivity contribution in [2.24, 2.45) is 97.2 Å². The average Bonchev–Trinajstić information content (AvgIpc) is 1.60. The van der Waals surface area contributed by atoms with Gasteiger partial charge in [0.1, 0.15) is 31.3 Å². The highest BCUT2D eigenvalue weighted by Crippen LogP contribution is 2.76. The lowest BCUT2D eigenvalue weighted by Crippen LogP contribution is -2.69. The van der Waals surface area contributed by atoms with Gasteiger partial charge in [0.2, 0.25) is 23.3 Å². The molecule has 0 radical (unpaired) electrons. The Morgan fingerprint density at radius 1 is 0.433 bits per heavy atom. The van der Waals surface area contributed by atoms with Crippen molar-refractivity contribution in [2.75, 3.05) is 52.9 Å². The average molecular weight is 2180 g/mol. The quantitative estimate of drug-likeness (QED) is 0.00756. The van der Waals surface area contributed by atoms with Crippen molar-refractivity contribution >= 4 is 129 Å². The molecule has 0 aromatic carbocycles. The molecule has 12 aliphatic carbocycles. The van der Waals surface area contributed by atoms with Crippen LogP contribution in [0.2, 0.25) is 0 Å². The standard InChI is InChI=1S/C35H47ClN2O13.C33H45ClN2O12.C32H42ClN3O15/c1-5-29(43)51-35(27(41)19-49-30(44)17-25(31(45)46)37-28(42)9-7-6-8-14-50-38(47)48)20(2)15-24-23-11-10-21-16-22(39)12-13-32(21,3)34(23,36)26(40)18-33(24,35)4;1-5-27(40)48-33(26(39)18-46-28(41)16-24(35)29(42)45-12-6-7-13-47-36(43)44)19(2)14-23-22-9-8-20-15-21(37)10-11-30(20,3)32(22,34)25(38)17-31(23,33)4;1-5-26(40)50-32(25(39)16-47-27(41)12-23(34)28(42)48-14-20(51-36(45)46)15-49-35(43)44)17(2)10-22-21-7-6-18-11-19(37)8-9-29(18,3)31(21,33)24(38)13-30(22,32)4/h12-13,16,20,23-26,40H,5-11,14-15,17-19H2,1-4H3,(H,37,42)(H,45,46);10-11,15,19,22-25,38H,5-9,12-14,16-18,35H2,1-4H3;8-9,11,17,20-24,38H,5-7,10,12-16,34H2,1-4H3/t20-,23-,24-,25?,26-,32-,33-,34-,35-;19-,22-,23-,24?,25-,30-,31-,32-,33-;17-,20?,21-,22-,23?,24-,29-,30-,31-,32-/m000/s1. The molecule has 4 unspecified atom stereocenters. The molecule has 0 aromatic rings. The molecular weight excluding hydrogens is 2050 g/mol. The normalized spacial score (nSPS) is 34.8. The van der Waals surface area contributed by atoms with E-state index in [4.69, 9.17) is 84.2 Å². The molecule has 150 heavy (non-hydrogen) atoms. The number of ketones is 6. The number of rotatable bonds is 45. The first-order valence-electron chi connectivity index (χ1n) is 50.3. The molecule has 47 nitrogen and oxygen atoms in total. The summed E-state index contributed by atoms with van der Waals surface area (Å²) in [5.74, 6) is -15.6. The number of aliphatic hydroxyl groups excluding tert-OH is 3. The number of hydrogen-bond donors (Lipinski definition) is 7. The number of nitrogens with zero attached hydrogens (tertiary/aromatic N) is 4. The number of alkyl halides is 3. The van der Waals surface area contributed by atoms with Crippen LogP contribution < -0.4 is 16.8 Å². The van der Waals surface area contributed by atoms with Crippen molar-refractivity contribution in [3.63, 3.8) is 0 Å². The van der Waals surface area contributed by atoms with Crippen molar-refractivity contribution < 1.29 is 175 Å². The summed E-state index contributed by atoms with van der Waals surface area (Å²) in [4.78, 5) is 260. The Morgan fingerprint density at radius 2 is 0.753 bits per heavy atom. The smallest absolute Gasteiger partial charge is 0.326 e. The number of carboxylic acid groups (broad SMARTS) is 1. The molecule has 830 valence electrons. The molecule has 9 fully saturated rings. The minimum absolute atomic E-state index is 0.0121. The third kappa shape index (κ3) is 23.0. The Morgan fingerprint density at radius 3 is 1.07 bits per heavy atom. The molecular formula is C100H134Cl3N7O40. The SMILES string of the molecule is CCC(=O)O[C@]1(C(=O)COC(=O)CC(N)C(=O)OCC(CO[N+](=O)[O-])O[N+](=O)[O-])[C@@H](C)C[C@H]2[C@@H]3CCC4=CC(=O)C=C[C@]4(C)[C@@]3(Cl)[C@@H](O)C[C@@]21C.CCC(=O)O[C@]1(C(=O)COC(=O)CC(N)C(=O)OCCCCO[N+](=O)[O-])[C@@H](C)C[C@H]2[C@@H]3CCC4=CC(=O)C=C[C@]4(C)[C@@]3(Cl)[C@@H](O)C[C@@]21C.CCC(=O)O[C@]1(C(=O)COC(=O)CC(NC(=O)CCCCCO[N+](=O)[O-])C(=O)O)[C@@H](C)C[C@H]2[C@@H]3CCC4=CC(=O)C=C[C@]4(C)[C@@]3(Cl)[C@@H](O)C[C@@]21C. The van der Waals surface area contributed by atoms with Crippen LogP contribution in [0.15, 0.2) is 71.4 Å². The van der Waals surface area contributed by atoms with Crippen LogP contribution in [0.3, 0.4) is 0 Å². The number of aliphatic carboxylic acids is 1. The van der Waals surface area contributed by atoms with E-state index in [0.29, 0.717) is 77.0 Å². The van der Waals surface area contributed by atoms with Gasteiger partial charge in [-0.3, -0.25) is 71.9 Å². The second kappa shape index (κ2) is 47.9. The number of allylic oxidation sites excluding steroid dienone is 12. The fraction of sp³-hybridized carbons (Fsp3) is 0.720. The third-order valence-electron chi connectivity index (χ3n) is 34.2. The highest BCUT2D eigenvalue weighted by Gasteiger charge is 2.81. The van der Waals surface area contributed by atoms with E-state index < -0.39 is 274 Å². The van der Waals surface area contributed by atoms with Gasteiger partial charge in [-0.15, -0.1) is 75.3 Å². The zero-order valence-corrected chi connectivity index (χ0v) is 87.9. The number of esters is 8. The summed E-state index contributed by atoms with van der Waals surface area (Å²) < 4.78 is 43.8. The monoisotopic (exact) mass is 2180 g/mol. The van der Waals surface area contributed by atoms with Crippen LogP contribution in [0, 0.1) is 126 Å². The highest BCUT2D eigenvalue weighted by atomic mass is 35.5. The molecule has 0 aromatic heterocycles. The molecule has 9 N–H and O–H groups in total. The van der Waals surface area contributed by atoms with Crippen molar-refractivity contribution in [2.45, 2.75) is 311 Å². The second-order valence-corrected chi connectivity index (χ2v) is 44.2. The number of unbranched alkanes of at least 4 members (excludes halogenated alkanes) is 3. The van der Waals surface area contributed by atoms with Gasteiger partial charge in [0, 0.05) is 75.9 Å². The number of hydrogen-bond acceptors (Lipinski definition) is 41. The lowest BCUT2D eigenvalue weighted by atomic mass is 9.45. The number of halogens is 3. The van der Waals surface area contributed by atoms with Crippen molar-refractivity contribution in [1.29, 1.82) is 0 Å². The summed E-state index contributed by atoms with van der Waals surface area (Å²) in [6, 6.07) is -4.71. The van der Waals surface area contributed by atoms with Crippen molar-refractivity contribution in [3.8, 4) is 0 Å². The summed E-state index contributed by atoms with van der Waals surface area (Å²) in [7, 11) is 0. The highest BCUT2D eigenvalue weighted by molar-refractivity contribution is 6.27. The Kier molecular flexibility index (Phi) is 38.5. The van der Waals surface area contributed by atoms with Gasteiger partial charge in [-0.05, 0) is 175 Å². The number of nitrogens with one attached hydrogen (secondary N) is 1. The first kappa shape index (κ1) is 120. The van der Waals surface area contributed by atoms with E-state index in [1.165, 1.54) is 18.2 Å². The number of carboxylic acids is 1. The maximum absolute atomic E-state index is 14.3. The molecule has 12 rings (SSSR count). The second-order valence-electron chi connectivity index (χ2n) is 42.3. The van der Waals surface area contributed by atoms with Gasteiger partial charge in [0.05, 0.1) is 72.0 Å². The predicted molar refractivity (Wildman–Crippen MR) is 518 cm³/mol. The molecule has 0 aliphatic heterocycles. The summed E-state index contributed by atoms with van der Waals surface area (Å²) in [5, 5.41) is 84.8. The molecule has 12 aliphatic rings. The maximum atomic E-state index is 14.3. The molecule has 28 atom stereocenters. The molecule has 0 saturated heterocycles. The number of nitrogens with two attached hydrogens (primary N) is 2. The lowest BCUT2D eigenvalue weighted by Gasteiger charge is -2.64. The van der Waals surface area contributed by atoms with Gasteiger partial charge in [0.25, 0.3) is 20.3 Å². The molecule has 50 heteroatoms. The van der Waals surface area contributed by atoms with Gasteiger partial charge in [-0.1, -0.05) is 124 Å². The number of fused-ring (bicyclic) bond motifs is 15. The third-order valence-corrected chi connectivity index (χ3v) is 37.0. The minimum atomic E-state index is -1.83. The number of carbonyl (C=O) groups is 16. The summed E-state index contributed by atoms with van der Waals surface area (Å²) in [6.45, 7) is 16.5. The maximum Gasteiger partial charge on any atom is 0.326 e. The summed E-state index contributed by atoms with van der Waals surface area (Å²) in [6.07, 6.45) is 12.7. The van der Waals surface area contributed by atoms with Gasteiger partial charge >= 0.3 is 53.7 Å². The molecule has 0 spiro atoms. The van der Waals surface area contributed by atoms with E-state index >= 15 is 0 Å². The zero-order chi connectivity index (χ0) is 112. The fourth-order valence-corrected chi connectivity index (χ4v) is 28.6.